The van der Waals surface area contributed by atoms with Gasteiger partial charge in [0.2, 0.25) is 5.96 Å². The Morgan fingerprint density at radius 1 is 1.82 bits per heavy atom. The van der Waals surface area contributed by atoms with E-state index in [1.165, 1.54) is 0 Å². The maximum atomic E-state index is 10.0. The molecule has 62 valence electrons. The summed E-state index contributed by atoms with van der Waals surface area (Å²) in [5.41, 5.74) is 4.47. The minimum atomic E-state index is -1.12. The zero-order valence-electron chi connectivity index (χ0n) is 6.16. The second-order valence-corrected chi connectivity index (χ2v) is 2.18. The van der Waals surface area contributed by atoms with Gasteiger partial charge in [-0.05, 0) is 0 Å². The number of nitrogens with zero attached hydrogens (tertiary/aromatic N) is 2. The smallest absolute Gasteiger partial charge is 0.423 e. The van der Waals surface area contributed by atoms with Gasteiger partial charge in [0.1, 0.15) is 0 Å². The fourth-order valence-corrected chi connectivity index (χ4v) is 0.777. The molecule has 11 heavy (non-hydrogen) atoms. The Bertz CT molecular complexity index is 191. The molecule has 0 saturated carbocycles. The molecular formula is C5H10N4O2. The van der Waals surface area contributed by atoms with Crippen LogP contribution in [0.25, 0.3) is 0 Å². The molecule has 6 heteroatoms. The summed E-state index contributed by atoms with van der Waals surface area (Å²) in [5.74, 6) is 0.562. The number of hydrogen-bond donors (Lipinski definition) is 3. The quantitative estimate of drug-likeness (QED) is 0.398. The molecule has 1 amide bonds. The summed E-state index contributed by atoms with van der Waals surface area (Å²) in [5, 5.41) is 8.21. The molecule has 0 bridgehead atoms. The molecule has 0 atom stereocenters. The van der Waals surface area contributed by atoms with E-state index >= 15 is 0 Å². The fraction of sp³-hybridized carbons (Fsp3) is 0.600. The van der Waals surface area contributed by atoms with E-state index in [-0.39, 0.29) is 0 Å². The van der Waals surface area contributed by atoms with Gasteiger partial charge in [-0.2, -0.15) is 0 Å². The third kappa shape index (κ3) is 1.99. The van der Waals surface area contributed by atoms with Crippen LogP contribution in [0.1, 0.15) is 0 Å². The number of nitrogens with one attached hydrogen (secondary N) is 2. The number of hydrazine groups is 1. The van der Waals surface area contributed by atoms with Crippen molar-refractivity contribution < 1.29 is 9.90 Å². The molecule has 0 fully saturated rings. The standard InChI is InChI=1S/C5H10N4O2/c1-9-3-2-6-4(9)7-8-5(10)11/h8H,2-3H2,1H3,(H,6,7)(H,10,11). The molecule has 6 nitrogen and oxygen atoms in total. The Morgan fingerprint density at radius 2 is 2.55 bits per heavy atom. The average Bonchev–Trinajstić information content (AvgIpc) is 2.31. The molecule has 1 aliphatic heterocycles. The first-order valence-electron chi connectivity index (χ1n) is 3.20. The van der Waals surface area contributed by atoms with Crippen molar-refractivity contribution >= 4 is 12.1 Å². The lowest BCUT2D eigenvalue weighted by atomic mass is 10.6. The van der Waals surface area contributed by atoms with Crippen LogP contribution in [-0.4, -0.2) is 42.2 Å². The van der Waals surface area contributed by atoms with E-state index in [2.05, 4.69) is 10.4 Å². The lowest BCUT2D eigenvalue weighted by molar-refractivity contribution is 0.191. The third-order valence-electron chi connectivity index (χ3n) is 1.34. The average molecular weight is 158 g/mol. The van der Waals surface area contributed by atoms with E-state index in [0.29, 0.717) is 12.5 Å². The van der Waals surface area contributed by atoms with Gasteiger partial charge in [0, 0.05) is 13.6 Å². The molecule has 0 aromatic carbocycles. The number of hydrogen-bond acceptors (Lipinski definition) is 4. The van der Waals surface area contributed by atoms with Gasteiger partial charge in [0.05, 0.1) is 6.54 Å². The van der Waals surface area contributed by atoms with Crippen molar-refractivity contribution in [3.8, 4) is 0 Å². The van der Waals surface area contributed by atoms with Crippen LogP contribution in [0, 0.1) is 0 Å². The van der Waals surface area contributed by atoms with E-state index in [1.807, 2.05) is 17.4 Å². The maximum absolute atomic E-state index is 10.0. The van der Waals surface area contributed by atoms with Crippen molar-refractivity contribution in [2.24, 2.45) is 4.99 Å². The van der Waals surface area contributed by atoms with Crippen molar-refractivity contribution in [1.82, 2.24) is 15.8 Å². The Hall–Kier alpha value is -1.46. The number of aliphatic imine (C=N–C) groups is 1. The highest BCUT2D eigenvalue weighted by Crippen LogP contribution is 1.92. The van der Waals surface area contributed by atoms with Crippen LogP contribution in [0.2, 0.25) is 0 Å². The highest BCUT2D eigenvalue weighted by molar-refractivity contribution is 5.82. The van der Waals surface area contributed by atoms with E-state index in [1.54, 1.807) is 0 Å². The Kier molecular flexibility index (Phi) is 2.15. The SMILES string of the molecule is CN1CCN=C1NNC(=O)O. The summed E-state index contributed by atoms with van der Waals surface area (Å²) in [6.07, 6.45) is -1.12. The summed E-state index contributed by atoms with van der Waals surface area (Å²) >= 11 is 0. The number of likely N-dealkylation sites (N-methyl/N-ethyl adjacent to an activating group) is 1. The normalized spacial score (nSPS) is 16.1. The van der Waals surface area contributed by atoms with Crippen LogP contribution in [0.3, 0.4) is 0 Å². The lowest BCUT2D eigenvalue weighted by Crippen LogP contribution is -2.46. The first-order chi connectivity index (χ1) is 5.20. The molecule has 0 aliphatic carbocycles. The van der Waals surface area contributed by atoms with E-state index < -0.39 is 6.09 Å². The molecule has 0 spiro atoms. The van der Waals surface area contributed by atoms with Gasteiger partial charge >= 0.3 is 6.09 Å². The van der Waals surface area contributed by atoms with E-state index in [9.17, 15) is 4.79 Å². The maximum Gasteiger partial charge on any atom is 0.423 e. The molecule has 0 radical (unpaired) electrons. The number of carbonyl (C=O) groups is 1. The molecule has 1 rings (SSSR count). The Labute approximate surface area is 63.9 Å². The van der Waals surface area contributed by atoms with Crippen LogP contribution in [0.15, 0.2) is 4.99 Å². The lowest BCUT2D eigenvalue weighted by Gasteiger charge is -2.13. The Morgan fingerprint density at radius 3 is 3.00 bits per heavy atom. The molecule has 1 heterocycles. The zero-order valence-corrected chi connectivity index (χ0v) is 6.16. The summed E-state index contributed by atoms with van der Waals surface area (Å²) in [6, 6.07) is 0. The van der Waals surface area contributed by atoms with E-state index in [0.717, 1.165) is 6.54 Å². The molecule has 0 aromatic rings. The summed E-state index contributed by atoms with van der Waals surface area (Å²) in [4.78, 5) is 15.8. The van der Waals surface area contributed by atoms with Crippen LogP contribution < -0.4 is 10.9 Å². The van der Waals surface area contributed by atoms with Crippen molar-refractivity contribution in [1.29, 1.82) is 0 Å². The van der Waals surface area contributed by atoms with Crippen molar-refractivity contribution in [2.45, 2.75) is 0 Å². The van der Waals surface area contributed by atoms with Gasteiger partial charge in [-0.25, -0.2) is 15.2 Å². The van der Waals surface area contributed by atoms with Gasteiger partial charge in [0.25, 0.3) is 0 Å². The van der Waals surface area contributed by atoms with Crippen LogP contribution in [-0.2, 0) is 0 Å². The summed E-state index contributed by atoms with van der Waals surface area (Å²) < 4.78 is 0. The van der Waals surface area contributed by atoms with Crippen LogP contribution in [0.4, 0.5) is 4.79 Å². The predicted octanol–water partition coefficient (Wildman–Crippen LogP) is -0.940. The van der Waals surface area contributed by atoms with Crippen molar-refractivity contribution in [3.05, 3.63) is 0 Å². The van der Waals surface area contributed by atoms with Crippen molar-refractivity contribution in [3.63, 3.8) is 0 Å². The molecule has 1 aliphatic rings. The molecule has 3 N–H and O–H groups in total. The second kappa shape index (κ2) is 3.09. The molecule has 0 unspecified atom stereocenters. The summed E-state index contributed by atoms with van der Waals surface area (Å²) in [7, 11) is 1.84. The van der Waals surface area contributed by atoms with Crippen molar-refractivity contribution in [2.75, 3.05) is 20.1 Å². The van der Waals surface area contributed by atoms with E-state index in [4.69, 9.17) is 5.11 Å². The topological polar surface area (TPSA) is 77.0 Å². The Balaban J connectivity index is 2.31. The first-order valence-corrected chi connectivity index (χ1v) is 3.20. The minimum absolute atomic E-state index is 0.562. The molecule has 0 saturated heterocycles. The number of guanidine groups is 1. The zero-order chi connectivity index (χ0) is 8.27. The van der Waals surface area contributed by atoms with Gasteiger partial charge in [-0.15, -0.1) is 0 Å². The van der Waals surface area contributed by atoms with Gasteiger partial charge < -0.3 is 10.0 Å². The highest BCUT2D eigenvalue weighted by atomic mass is 16.4. The predicted molar refractivity (Wildman–Crippen MR) is 39.2 cm³/mol. The molecule has 0 aromatic heterocycles. The highest BCUT2D eigenvalue weighted by Gasteiger charge is 2.11. The minimum Gasteiger partial charge on any atom is -0.464 e. The number of amides is 1. The van der Waals surface area contributed by atoms with Gasteiger partial charge in [0.15, 0.2) is 0 Å². The number of carboxylic acid groups (broad SMARTS) is 1. The monoisotopic (exact) mass is 158 g/mol. The molecular weight excluding hydrogens is 148 g/mol. The number of rotatable bonds is 0. The third-order valence-corrected chi connectivity index (χ3v) is 1.34. The first kappa shape index (κ1) is 7.64. The summed E-state index contributed by atoms with van der Waals surface area (Å²) in [6.45, 7) is 1.53. The second-order valence-electron chi connectivity index (χ2n) is 2.18. The van der Waals surface area contributed by atoms with Crippen LogP contribution in [0.5, 0.6) is 0 Å². The largest absolute Gasteiger partial charge is 0.464 e. The van der Waals surface area contributed by atoms with Gasteiger partial charge in [-0.3, -0.25) is 5.43 Å². The van der Waals surface area contributed by atoms with Crippen LogP contribution >= 0.6 is 0 Å². The fourth-order valence-electron chi connectivity index (χ4n) is 0.777. The van der Waals surface area contributed by atoms with Gasteiger partial charge in [-0.1, -0.05) is 0 Å².